The van der Waals surface area contributed by atoms with Gasteiger partial charge in [0.15, 0.2) is 10.9 Å². The number of nitrogens with zero attached hydrogens (tertiary/aromatic N) is 1. The fourth-order valence-corrected chi connectivity index (χ4v) is 3.97. The molecule has 0 radical (unpaired) electrons. The molecule has 2 heterocycles. The van der Waals surface area contributed by atoms with E-state index in [2.05, 4.69) is 10.3 Å². The number of ketones is 1. The fraction of sp³-hybridized carbons (Fsp3) is 0.136. The number of carbonyl (C=O) groups excluding carboxylic acids is 2. The van der Waals surface area contributed by atoms with E-state index in [1.54, 1.807) is 6.26 Å². The second-order valence-electron chi connectivity index (χ2n) is 6.60. The van der Waals surface area contributed by atoms with E-state index in [0.717, 1.165) is 27.7 Å². The fourth-order valence-electron chi connectivity index (χ4n) is 3.07. The molecule has 5 nitrogen and oxygen atoms in total. The zero-order chi connectivity index (χ0) is 19.7. The van der Waals surface area contributed by atoms with Crippen molar-refractivity contribution in [3.05, 3.63) is 70.8 Å². The molecule has 0 aliphatic rings. The molecule has 140 valence electrons. The number of hydrogen-bond donors (Lipinski definition) is 1. The first kappa shape index (κ1) is 18.1. The van der Waals surface area contributed by atoms with Gasteiger partial charge in [-0.25, -0.2) is 4.98 Å². The number of hydrogen-bond acceptors (Lipinski definition) is 5. The number of aryl methyl sites for hydroxylation is 1. The zero-order valence-electron chi connectivity index (χ0n) is 15.5. The van der Waals surface area contributed by atoms with Crippen molar-refractivity contribution in [3.63, 3.8) is 0 Å². The molecule has 0 spiro atoms. The molecule has 0 aliphatic carbocycles. The highest BCUT2D eigenvalue weighted by Crippen LogP contribution is 2.31. The predicted octanol–water partition coefficient (Wildman–Crippen LogP) is 5.25. The Morgan fingerprint density at radius 1 is 1.14 bits per heavy atom. The Morgan fingerprint density at radius 2 is 1.93 bits per heavy atom. The number of amides is 1. The second kappa shape index (κ2) is 7.40. The smallest absolute Gasteiger partial charge is 0.230 e. The minimum absolute atomic E-state index is 0.0759. The first-order valence-corrected chi connectivity index (χ1v) is 9.66. The first-order chi connectivity index (χ1) is 13.5. The molecule has 0 fully saturated rings. The van der Waals surface area contributed by atoms with Gasteiger partial charge in [0.05, 0.1) is 23.3 Å². The Morgan fingerprint density at radius 3 is 2.68 bits per heavy atom. The molecule has 28 heavy (non-hydrogen) atoms. The van der Waals surface area contributed by atoms with E-state index in [9.17, 15) is 9.59 Å². The van der Waals surface area contributed by atoms with E-state index < -0.39 is 0 Å². The number of thiazole rings is 1. The maximum absolute atomic E-state index is 12.5. The van der Waals surface area contributed by atoms with Crippen LogP contribution in [0.2, 0.25) is 0 Å². The highest BCUT2D eigenvalue weighted by Gasteiger charge is 2.18. The van der Waals surface area contributed by atoms with Crippen molar-refractivity contribution in [3.8, 4) is 11.3 Å². The van der Waals surface area contributed by atoms with Gasteiger partial charge in [-0.2, -0.15) is 0 Å². The Bertz CT molecular complexity index is 1180. The normalized spacial score (nSPS) is 10.9. The molecule has 0 aliphatic heterocycles. The Kier molecular flexibility index (Phi) is 4.79. The van der Waals surface area contributed by atoms with E-state index in [1.807, 2.05) is 55.5 Å². The quantitative estimate of drug-likeness (QED) is 0.473. The Hall–Kier alpha value is -3.25. The summed E-state index contributed by atoms with van der Waals surface area (Å²) in [5.41, 5.74) is 4.13. The van der Waals surface area contributed by atoms with Crippen LogP contribution in [0.1, 0.15) is 27.7 Å². The third kappa shape index (κ3) is 3.59. The highest BCUT2D eigenvalue weighted by molar-refractivity contribution is 7.18. The SMILES string of the molecule is CC(=O)c1sc(NC(=O)Cc2coc3cc(C)ccc23)nc1-c1ccccc1. The predicted molar refractivity (Wildman–Crippen MR) is 111 cm³/mol. The summed E-state index contributed by atoms with van der Waals surface area (Å²) in [4.78, 5) is 29.6. The van der Waals surface area contributed by atoms with E-state index in [0.29, 0.717) is 15.7 Å². The molecular formula is C22H18N2O3S. The Labute approximate surface area is 166 Å². The van der Waals surface area contributed by atoms with Crippen LogP contribution in [0.4, 0.5) is 5.13 Å². The number of carbonyl (C=O) groups is 2. The number of anilines is 1. The molecular weight excluding hydrogens is 372 g/mol. The van der Waals surface area contributed by atoms with Crippen LogP contribution in [-0.4, -0.2) is 16.7 Å². The van der Waals surface area contributed by atoms with Crippen LogP contribution in [0.25, 0.3) is 22.2 Å². The van der Waals surface area contributed by atoms with Crippen LogP contribution in [0.5, 0.6) is 0 Å². The molecule has 0 saturated heterocycles. The number of Topliss-reactive ketones (excluding diaryl/α,β-unsaturated/α-hetero) is 1. The summed E-state index contributed by atoms with van der Waals surface area (Å²) in [7, 11) is 0. The van der Waals surface area contributed by atoms with Crippen molar-refractivity contribution in [1.82, 2.24) is 4.98 Å². The van der Waals surface area contributed by atoms with Gasteiger partial charge in [0.1, 0.15) is 5.58 Å². The van der Waals surface area contributed by atoms with Crippen molar-refractivity contribution in [2.75, 3.05) is 5.32 Å². The maximum Gasteiger partial charge on any atom is 0.230 e. The van der Waals surface area contributed by atoms with Crippen LogP contribution in [0, 0.1) is 6.92 Å². The van der Waals surface area contributed by atoms with Crippen LogP contribution >= 0.6 is 11.3 Å². The maximum atomic E-state index is 12.5. The lowest BCUT2D eigenvalue weighted by molar-refractivity contribution is -0.115. The molecule has 1 amide bonds. The monoisotopic (exact) mass is 390 g/mol. The summed E-state index contributed by atoms with van der Waals surface area (Å²) in [6.07, 6.45) is 1.79. The largest absolute Gasteiger partial charge is 0.464 e. The molecule has 0 saturated carbocycles. The number of aromatic nitrogens is 1. The van der Waals surface area contributed by atoms with Gasteiger partial charge in [-0.05, 0) is 18.6 Å². The molecule has 2 aromatic carbocycles. The number of rotatable bonds is 5. The standard InChI is InChI=1S/C22H18N2O3S/c1-13-8-9-17-16(12-27-18(17)10-13)11-19(26)23-22-24-20(21(28-22)14(2)25)15-6-4-3-5-7-15/h3-10,12H,11H2,1-2H3,(H,23,24,26). The van der Waals surface area contributed by atoms with Gasteiger partial charge in [-0.3, -0.25) is 9.59 Å². The molecule has 4 aromatic rings. The number of furan rings is 1. The van der Waals surface area contributed by atoms with Crippen LogP contribution in [0.3, 0.4) is 0 Å². The lowest BCUT2D eigenvalue weighted by Gasteiger charge is -2.01. The van der Waals surface area contributed by atoms with Crippen molar-refractivity contribution >= 4 is 39.1 Å². The topological polar surface area (TPSA) is 72.2 Å². The molecule has 6 heteroatoms. The van der Waals surface area contributed by atoms with E-state index >= 15 is 0 Å². The van der Waals surface area contributed by atoms with Gasteiger partial charge < -0.3 is 9.73 Å². The van der Waals surface area contributed by atoms with Gasteiger partial charge >= 0.3 is 0 Å². The third-order valence-electron chi connectivity index (χ3n) is 4.40. The van der Waals surface area contributed by atoms with Crippen LogP contribution in [0.15, 0.2) is 59.2 Å². The molecule has 0 bridgehead atoms. The van der Waals surface area contributed by atoms with E-state index in [1.165, 1.54) is 18.3 Å². The van der Waals surface area contributed by atoms with Gasteiger partial charge in [0.2, 0.25) is 5.91 Å². The average Bonchev–Trinajstić information content (AvgIpc) is 3.26. The first-order valence-electron chi connectivity index (χ1n) is 8.85. The highest BCUT2D eigenvalue weighted by atomic mass is 32.1. The minimum atomic E-state index is -0.202. The summed E-state index contributed by atoms with van der Waals surface area (Å²) < 4.78 is 5.56. The third-order valence-corrected chi connectivity index (χ3v) is 5.47. The van der Waals surface area contributed by atoms with Crippen molar-refractivity contribution in [2.24, 2.45) is 0 Å². The van der Waals surface area contributed by atoms with Gasteiger partial charge in [0, 0.05) is 23.4 Å². The summed E-state index contributed by atoms with van der Waals surface area (Å²) in [5, 5.41) is 4.16. The number of fused-ring (bicyclic) bond motifs is 1. The summed E-state index contributed by atoms with van der Waals surface area (Å²) in [5.74, 6) is -0.278. The number of benzene rings is 2. The van der Waals surface area contributed by atoms with Crippen molar-refractivity contribution in [2.45, 2.75) is 20.3 Å². The summed E-state index contributed by atoms with van der Waals surface area (Å²) >= 11 is 1.19. The minimum Gasteiger partial charge on any atom is -0.464 e. The Balaban J connectivity index is 1.57. The van der Waals surface area contributed by atoms with Gasteiger partial charge in [-0.15, -0.1) is 0 Å². The number of nitrogens with one attached hydrogen (secondary N) is 1. The molecule has 2 aromatic heterocycles. The average molecular weight is 390 g/mol. The zero-order valence-corrected chi connectivity index (χ0v) is 16.3. The van der Waals surface area contributed by atoms with Crippen LogP contribution in [-0.2, 0) is 11.2 Å². The summed E-state index contributed by atoms with van der Waals surface area (Å²) in [6, 6.07) is 15.4. The van der Waals surface area contributed by atoms with Gasteiger partial charge in [-0.1, -0.05) is 53.8 Å². The molecule has 0 unspecified atom stereocenters. The lowest BCUT2D eigenvalue weighted by atomic mass is 10.1. The van der Waals surface area contributed by atoms with Crippen LogP contribution < -0.4 is 5.32 Å². The second-order valence-corrected chi connectivity index (χ2v) is 7.60. The lowest BCUT2D eigenvalue weighted by Crippen LogP contribution is -2.13. The molecule has 4 rings (SSSR count). The molecule has 1 N–H and O–H groups in total. The van der Waals surface area contributed by atoms with Gasteiger partial charge in [0.25, 0.3) is 0 Å². The van der Waals surface area contributed by atoms with E-state index in [4.69, 9.17) is 4.42 Å². The molecule has 0 atom stereocenters. The van der Waals surface area contributed by atoms with Crippen molar-refractivity contribution in [1.29, 1.82) is 0 Å². The van der Waals surface area contributed by atoms with Crippen molar-refractivity contribution < 1.29 is 14.0 Å². The summed E-state index contributed by atoms with van der Waals surface area (Å²) in [6.45, 7) is 3.50. The van der Waals surface area contributed by atoms with E-state index in [-0.39, 0.29) is 18.1 Å².